The molecule has 0 aromatic heterocycles. The van der Waals surface area contributed by atoms with E-state index in [2.05, 4.69) is 54.6 Å². The topological polar surface area (TPSA) is 18.5 Å². The lowest BCUT2D eigenvalue weighted by Gasteiger charge is -2.13. The fourth-order valence-corrected chi connectivity index (χ4v) is 3.77. The first-order valence-corrected chi connectivity index (χ1v) is 9.85. The van der Waals surface area contributed by atoms with Crippen LogP contribution in [0.25, 0.3) is 12.2 Å². The first-order chi connectivity index (χ1) is 13.7. The largest absolute Gasteiger partial charge is 0.497 e. The highest BCUT2D eigenvalue weighted by atomic mass is 16.5. The summed E-state index contributed by atoms with van der Waals surface area (Å²) in [5.41, 5.74) is 7.88. The summed E-state index contributed by atoms with van der Waals surface area (Å²) in [7, 11) is 3.39. The Morgan fingerprint density at radius 1 is 0.607 bits per heavy atom. The monoisotopic (exact) mass is 370 g/mol. The summed E-state index contributed by atoms with van der Waals surface area (Å²) in [5, 5.41) is 0. The van der Waals surface area contributed by atoms with Crippen molar-refractivity contribution in [3.63, 3.8) is 0 Å². The van der Waals surface area contributed by atoms with Crippen molar-refractivity contribution in [2.75, 3.05) is 14.2 Å². The van der Waals surface area contributed by atoms with Crippen molar-refractivity contribution in [3.05, 3.63) is 94.0 Å². The van der Waals surface area contributed by atoms with E-state index in [1.807, 2.05) is 18.2 Å². The molecule has 0 radical (unpaired) electrons. The third-order valence-electron chi connectivity index (χ3n) is 5.50. The van der Waals surface area contributed by atoms with Crippen LogP contribution < -0.4 is 9.47 Å². The number of methoxy groups -OCH3 is 2. The molecule has 4 aliphatic rings. The Morgan fingerprint density at radius 2 is 1.25 bits per heavy atom. The molecule has 28 heavy (non-hydrogen) atoms. The zero-order valence-corrected chi connectivity index (χ0v) is 16.6. The molecule has 0 N–H and O–H groups in total. The minimum absolute atomic E-state index is 0.833. The lowest BCUT2D eigenvalue weighted by Crippen LogP contribution is -2.00. The van der Waals surface area contributed by atoms with Crippen molar-refractivity contribution in [2.45, 2.75) is 25.7 Å². The predicted octanol–water partition coefficient (Wildman–Crippen LogP) is 5.76. The van der Waals surface area contributed by atoms with E-state index in [4.69, 9.17) is 9.47 Å². The number of ether oxygens (including phenoxy) is 2. The highest BCUT2D eigenvalue weighted by molar-refractivity contribution is 5.75. The van der Waals surface area contributed by atoms with Gasteiger partial charge in [-0.25, -0.2) is 0 Å². The van der Waals surface area contributed by atoms with Crippen LogP contribution in [-0.2, 0) is 25.7 Å². The second-order valence-electron chi connectivity index (χ2n) is 7.29. The first-order valence-electron chi connectivity index (χ1n) is 9.85. The Balaban J connectivity index is 1.68. The van der Waals surface area contributed by atoms with Gasteiger partial charge in [-0.2, -0.15) is 0 Å². The first kappa shape index (κ1) is 18.4. The van der Waals surface area contributed by atoms with Crippen LogP contribution >= 0.6 is 0 Å². The van der Waals surface area contributed by atoms with E-state index >= 15 is 0 Å². The molecule has 0 aliphatic heterocycles. The number of aryl methyl sites for hydroxylation is 4. The second kappa shape index (κ2) is 8.35. The summed E-state index contributed by atoms with van der Waals surface area (Å²) in [4.78, 5) is 0. The maximum absolute atomic E-state index is 5.52. The van der Waals surface area contributed by atoms with E-state index in [0.717, 1.165) is 42.7 Å². The maximum atomic E-state index is 5.52. The van der Waals surface area contributed by atoms with E-state index in [1.54, 1.807) is 14.2 Å². The Morgan fingerprint density at radius 3 is 1.96 bits per heavy atom. The van der Waals surface area contributed by atoms with Crippen LogP contribution in [0.4, 0.5) is 0 Å². The van der Waals surface area contributed by atoms with Crippen molar-refractivity contribution in [1.82, 2.24) is 0 Å². The van der Waals surface area contributed by atoms with Crippen LogP contribution in [0, 0.1) is 0 Å². The fraction of sp³-hybridized carbons (Fsp3) is 0.231. The molecule has 0 atom stereocenters. The van der Waals surface area contributed by atoms with Crippen molar-refractivity contribution in [2.24, 2.45) is 0 Å². The molecule has 3 aromatic rings. The predicted molar refractivity (Wildman–Crippen MR) is 116 cm³/mol. The van der Waals surface area contributed by atoms with E-state index in [1.165, 1.54) is 27.8 Å². The molecule has 0 amide bonds. The third kappa shape index (κ3) is 4.12. The molecule has 3 aromatic carbocycles. The lowest BCUT2D eigenvalue weighted by atomic mass is 9.93. The Bertz CT molecular complexity index is 984. The van der Waals surface area contributed by atoms with Crippen molar-refractivity contribution in [3.8, 4) is 11.5 Å². The van der Waals surface area contributed by atoms with Crippen LogP contribution in [0.5, 0.6) is 11.5 Å². The highest BCUT2D eigenvalue weighted by Crippen LogP contribution is 2.27. The van der Waals surface area contributed by atoms with E-state index < -0.39 is 0 Å². The van der Waals surface area contributed by atoms with Gasteiger partial charge in [-0.05, 0) is 71.7 Å². The van der Waals surface area contributed by atoms with Crippen molar-refractivity contribution >= 4 is 12.2 Å². The highest BCUT2D eigenvalue weighted by Gasteiger charge is 2.07. The van der Waals surface area contributed by atoms with Gasteiger partial charge in [-0.15, -0.1) is 0 Å². The minimum atomic E-state index is 0.833. The number of hydrogen-bond acceptors (Lipinski definition) is 2. The van der Waals surface area contributed by atoms with Gasteiger partial charge in [0.05, 0.1) is 14.2 Å². The van der Waals surface area contributed by atoms with Gasteiger partial charge in [0.2, 0.25) is 0 Å². The van der Waals surface area contributed by atoms with Gasteiger partial charge in [0, 0.05) is 5.56 Å². The molecular formula is C26H26O2. The SMILES string of the molecule is COc1ccc(OC)c(/C=C/c2cc3ccc2CCc2ccc(cc2)CC3)c1. The molecule has 0 saturated carbocycles. The van der Waals surface area contributed by atoms with E-state index in [9.17, 15) is 0 Å². The Kier molecular flexibility index (Phi) is 5.48. The molecule has 4 bridgehead atoms. The molecule has 142 valence electrons. The van der Waals surface area contributed by atoms with Gasteiger partial charge in [0.1, 0.15) is 11.5 Å². The van der Waals surface area contributed by atoms with Crippen molar-refractivity contribution in [1.29, 1.82) is 0 Å². The van der Waals surface area contributed by atoms with Crippen molar-refractivity contribution < 1.29 is 9.47 Å². The van der Waals surface area contributed by atoms with Crippen LogP contribution in [0.15, 0.2) is 60.7 Å². The molecule has 4 aliphatic carbocycles. The van der Waals surface area contributed by atoms with Gasteiger partial charge in [0.25, 0.3) is 0 Å². The van der Waals surface area contributed by atoms with Crippen LogP contribution in [-0.4, -0.2) is 14.2 Å². The fourth-order valence-electron chi connectivity index (χ4n) is 3.77. The molecular weight excluding hydrogens is 344 g/mol. The number of benzene rings is 3. The third-order valence-corrected chi connectivity index (χ3v) is 5.50. The lowest BCUT2D eigenvalue weighted by molar-refractivity contribution is 0.402. The Hall–Kier alpha value is -3.00. The average molecular weight is 370 g/mol. The maximum Gasteiger partial charge on any atom is 0.126 e. The molecule has 0 saturated heterocycles. The quantitative estimate of drug-likeness (QED) is 0.544. The van der Waals surface area contributed by atoms with Gasteiger partial charge in [-0.1, -0.05) is 54.6 Å². The summed E-state index contributed by atoms with van der Waals surface area (Å²) in [5.74, 6) is 1.68. The molecule has 0 heterocycles. The zero-order valence-electron chi connectivity index (χ0n) is 16.6. The average Bonchev–Trinajstić information content (AvgIpc) is 2.74. The molecule has 7 rings (SSSR count). The Labute approximate surface area is 167 Å². The van der Waals surface area contributed by atoms with Gasteiger partial charge in [0.15, 0.2) is 0 Å². The number of hydrogen-bond donors (Lipinski definition) is 0. The molecule has 0 spiro atoms. The van der Waals surface area contributed by atoms with E-state index in [0.29, 0.717) is 0 Å². The summed E-state index contributed by atoms with van der Waals surface area (Å²) in [6.07, 6.45) is 8.57. The number of rotatable bonds is 4. The normalized spacial score (nSPS) is 13.4. The summed E-state index contributed by atoms with van der Waals surface area (Å²) in [6, 6.07) is 21.9. The van der Waals surface area contributed by atoms with Crippen LogP contribution in [0.1, 0.15) is 33.4 Å². The second-order valence-corrected chi connectivity index (χ2v) is 7.29. The summed E-state index contributed by atoms with van der Waals surface area (Å²) in [6.45, 7) is 0. The zero-order chi connectivity index (χ0) is 19.3. The summed E-state index contributed by atoms with van der Waals surface area (Å²) >= 11 is 0. The molecule has 0 unspecified atom stereocenters. The van der Waals surface area contributed by atoms with E-state index in [-0.39, 0.29) is 0 Å². The molecule has 2 nitrogen and oxygen atoms in total. The molecule has 0 fully saturated rings. The molecule has 2 heteroatoms. The van der Waals surface area contributed by atoms with Crippen LogP contribution in [0.3, 0.4) is 0 Å². The van der Waals surface area contributed by atoms with Gasteiger partial charge >= 0.3 is 0 Å². The standard InChI is InChI=1S/C26H26O2/c1-27-25-15-16-26(28-2)24(18-25)14-13-23-17-21-8-7-19-3-5-20(6-4-19)9-11-22(23)12-10-21/h3-6,10,12-18H,7-9,11H2,1-2H3/b14-13+. The van der Waals surface area contributed by atoms with Gasteiger partial charge < -0.3 is 9.47 Å². The smallest absolute Gasteiger partial charge is 0.126 e. The van der Waals surface area contributed by atoms with Gasteiger partial charge in [-0.3, -0.25) is 0 Å². The minimum Gasteiger partial charge on any atom is -0.497 e. The summed E-state index contributed by atoms with van der Waals surface area (Å²) < 4.78 is 10.9. The van der Waals surface area contributed by atoms with Crippen LogP contribution in [0.2, 0.25) is 0 Å².